The maximum absolute atomic E-state index is 12.2. The van der Waals surface area contributed by atoms with Crippen molar-refractivity contribution in [2.45, 2.75) is 19.0 Å². The van der Waals surface area contributed by atoms with Gasteiger partial charge < -0.3 is 10.2 Å². The van der Waals surface area contributed by atoms with Crippen molar-refractivity contribution in [1.29, 1.82) is 0 Å². The number of amides is 1. The van der Waals surface area contributed by atoms with Gasteiger partial charge in [-0.15, -0.1) is 10.2 Å². The first kappa shape index (κ1) is 15.2. The van der Waals surface area contributed by atoms with E-state index in [1.807, 2.05) is 4.40 Å². The zero-order valence-electron chi connectivity index (χ0n) is 13.3. The van der Waals surface area contributed by atoms with Crippen molar-refractivity contribution in [3.63, 3.8) is 0 Å². The van der Waals surface area contributed by atoms with E-state index in [1.54, 1.807) is 24.8 Å². The van der Waals surface area contributed by atoms with Crippen molar-refractivity contribution in [1.82, 2.24) is 34.7 Å². The molecule has 25 heavy (non-hydrogen) atoms. The summed E-state index contributed by atoms with van der Waals surface area (Å²) in [5.41, 5.74) is 0.392. The molecular weight excluding hydrogens is 324 g/mol. The second kappa shape index (κ2) is 6.30. The summed E-state index contributed by atoms with van der Waals surface area (Å²) in [5.74, 6) is 0.513. The lowest BCUT2D eigenvalue weighted by Gasteiger charge is -2.18. The Bertz CT molecular complexity index is 965. The molecule has 0 spiro atoms. The Morgan fingerprint density at radius 2 is 2.28 bits per heavy atom. The Hall–Kier alpha value is -3.30. The van der Waals surface area contributed by atoms with Crippen LogP contribution in [0.3, 0.4) is 0 Å². The molecule has 1 atom stereocenters. The first-order valence-electron chi connectivity index (χ1n) is 7.91. The summed E-state index contributed by atoms with van der Waals surface area (Å²) in [4.78, 5) is 30.2. The molecule has 1 aliphatic heterocycles. The lowest BCUT2D eigenvalue weighted by atomic mass is 10.2. The minimum Gasteiger partial charge on any atom is -0.351 e. The number of aromatic nitrogens is 6. The molecule has 3 aromatic rings. The van der Waals surface area contributed by atoms with E-state index >= 15 is 0 Å². The molecule has 1 aliphatic rings. The van der Waals surface area contributed by atoms with Gasteiger partial charge in [0.2, 0.25) is 11.6 Å². The fourth-order valence-electron chi connectivity index (χ4n) is 2.95. The van der Waals surface area contributed by atoms with Crippen LogP contribution in [-0.2, 0) is 11.3 Å². The molecule has 4 heterocycles. The second-order valence-electron chi connectivity index (χ2n) is 5.83. The Balaban J connectivity index is 1.41. The molecule has 0 aromatic carbocycles. The maximum Gasteiger partial charge on any atom is 0.267 e. The number of carbonyl (C=O) groups excluding carboxylic acids is 1. The Labute approximate surface area is 142 Å². The Kier molecular flexibility index (Phi) is 3.84. The molecule has 1 amide bonds. The van der Waals surface area contributed by atoms with Crippen molar-refractivity contribution in [3.8, 4) is 0 Å². The largest absolute Gasteiger partial charge is 0.351 e. The quantitative estimate of drug-likeness (QED) is 0.654. The average Bonchev–Trinajstić information content (AvgIpc) is 3.25. The molecule has 0 saturated carbocycles. The number of hydrogen-bond acceptors (Lipinski definition) is 7. The Morgan fingerprint density at radius 1 is 1.36 bits per heavy atom. The van der Waals surface area contributed by atoms with Gasteiger partial charge in [0, 0.05) is 43.8 Å². The highest BCUT2D eigenvalue weighted by atomic mass is 16.2. The van der Waals surface area contributed by atoms with E-state index in [-0.39, 0.29) is 24.1 Å². The van der Waals surface area contributed by atoms with E-state index in [2.05, 4.69) is 30.5 Å². The molecule has 4 rings (SSSR count). The van der Waals surface area contributed by atoms with Crippen LogP contribution in [0.15, 0.2) is 41.8 Å². The van der Waals surface area contributed by atoms with E-state index in [4.69, 9.17) is 0 Å². The van der Waals surface area contributed by atoms with Gasteiger partial charge in [-0.05, 0) is 12.5 Å². The maximum atomic E-state index is 12.2. The number of carbonyl (C=O) groups is 1. The van der Waals surface area contributed by atoms with E-state index in [0.717, 1.165) is 23.5 Å². The summed E-state index contributed by atoms with van der Waals surface area (Å²) < 4.78 is 2.95. The summed E-state index contributed by atoms with van der Waals surface area (Å²) >= 11 is 0. The third-order valence-corrected chi connectivity index (χ3v) is 4.13. The van der Waals surface area contributed by atoms with Crippen molar-refractivity contribution in [2.24, 2.45) is 0 Å². The highest BCUT2D eigenvalue weighted by Gasteiger charge is 2.26. The van der Waals surface area contributed by atoms with E-state index in [9.17, 15) is 9.59 Å². The predicted molar refractivity (Wildman–Crippen MR) is 88.0 cm³/mol. The zero-order chi connectivity index (χ0) is 17.2. The first-order chi connectivity index (χ1) is 12.2. The van der Waals surface area contributed by atoms with Crippen LogP contribution in [0.5, 0.6) is 0 Å². The number of nitrogens with one attached hydrogen (secondary N) is 1. The minimum absolute atomic E-state index is 0.0168. The van der Waals surface area contributed by atoms with Gasteiger partial charge in [0.15, 0.2) is 5.82 Å². The topological polar surface area (TPSA) is 110 Å². The van der Waals surface area contributed by atoms with Crippen LogP contribution in [0.1, 0.15) is 6.42 Å². The van der Waals surface area contributed by atoms with Gasteiger partial charge in [-0.25, -0.2) is 9.67 Å². The summed E-state index contributed by atoms with van der Waals surface area (Å²) in [6, 6.07) is 2.91. The van der Waals surface area contributed by atoms with Crippen LogP contribution in [0.4, 0.5) is 5.82 Å². The van der Waals surface area contributed by atoms with Crippen LogP contribution in [0, 0.1) is 0 Å². The lowest BCUT2D eigenvalue weighted by Crippen LogP contribution is -2.40. The third-order valence-electron chi connectivity index (χ3n) is 4.13. The van der Waals surface area contributed by atoms with Gasteiger partial charge in [-0.3, -0.25) is 14.0 Å². The normalized spacial score (nSPS) is 17.1. The number of nitrogens with zero attached hydrogens (tertiary/aromatic N) is 7. The van der Waals surface area contributed by atoms with Gasteiger partial charge in [0.25, 0.3) is 5.56 Å². The average molecular weight is 340 g/mol. The molecular formula is C15H16N8O2. The molecule has 0 radical (unpaired) electrons. The summed E-state index contributed by atoms with van der Waals surface area (Å²) in [6.07, 6.45) is 7.39. The van der Waals surface area contributed by atoms with E-state index < -0.39 is 0 Å². The molecule has 1 N–H and O–H groups in total. The van der Waals surface area contributed by atoms with Gasteiger partial charge in [-0.2, -0.15) is 5.10 Å². The van der Waals surface area contributed by atoms with Crippen LogP contribution in [-0.4, -0.2) is 54.4 Å². The molecule has 1 saturated heterocycles. The second-order valence-corrected chi connectivity index (χ2v) is 5.83. The summed E-state index contributed by atoms with van der Waals surface area (Å²) in [7, 11) is 0. The third kappa shape index (κ3) is 3.05. The molecule has 0 aliphatic carbocycles. The molecule has 3 aromatic heterocycles. The number of hydrogen-bond donors (Lipinski definition) is 1. The highest BCUT2D eigenvalue weighted by molar-refractivity contribution is 5.76. The lowest BCUT2D eigenvalue weighted by molar-refractivity contribution is -0.122. The van der Waals surface area contributed by atoms with E-state index in [1.165, 1.54) is 12.3 Å². The van der Waals surface area contributed by atoms with Gasteiger partial charge in [0.1, 0.15) is 12.9 Å². The highest BCUT2D eigenvalue weighted by Crippen LogP contribution is 2.21. The first-order valence-corrected chi connectivity index (χ1v) is 7.91. The fourth-order valence-corrected chi connectivity index (χ4v) is 2.95. The molecule has 0 bridgehead atoms. The van der Waals surface area contributed by atoms with Crippen LogP contribution in [0.25, 0.3) is 5.65 Å². The van der Waals surface area contributed by atoms with Gasteiger partial charge in [-0.1, -0.05) is 0 Å². The van der Waals surface area contributed by atoms with Crippen molar-refractivity contribution in [3.05, 3.63) is 47.4 Å². The minimum atomic E-state index is -0.298. The zero-order valence-corrected chi connectivity index (χ0v) is 13.3. The van der Waals surface area contributed by atoms with E-state index in [0.29, 0.717) is 12.2 Å². The number of anilines is 1. The number of rotatable bonds is 4. The smallest absolute Gasteiger partial charge is 0.267 e. The van der Waals surface area contributed by atoms with Crippen LogP contribution < -0.4 is 15.8 Å². The summed E-state index contributed by atoms with van der Waals surface area (Å²) in [6.45, 7) is 1.30. The standard InChI is InChI=1S/C15H16N8O2/c24-12(9-23-13(25)2-1-4-18-23)19-11-3-6-21(8-11)14-15-20-17-10-22(15)7-5-16-14/h1-2,4-5,7,10-11H,3,6,8-9H2,(H,19,24). The Morgan fingerprint density at radius 3 is 3.16 bits per heavy atom. The molecule has 1 unspecified atom stereocenters. The number of fused-ring (bicyclic) bond motifs is 1. The van der Waals surface area contributed by atoms with Crippen LogP contribution >= 0.6 is 0 Å². The molecule has 128 valence electrons. The summed E-state index contributed by atoms with van der Waals surface area (Å²) in [5, 5.41) is 14.8. The SMILES string of the molecule is O=C(Cn1ncccc1=O)NC1CCN(c2nccn3cnnc23)C1. The van der Waals surface area contributed by atoms with Crippen molar-refractivity contribution in [2.75, 3.05) is 18.0 Å². The van der Waals surface area contributed by atoms with Gasteiger partial charge >= 0.3 is 0 Å². The van der Waals surface area contributed by atoms with Gasteiger partial charge in [0.05, 0.1) is 0 Å². The van der Waals surface area contributed by atoms with Crippen LogP contribution in [0.2, 0.25) is 0 Å². The fraction of sp³-hybridized carbons (Fsp3) is 0.333. The predicted octanol–water partition coefficient (Wildman–Crippen LogP) is -0.924. The monoisotopic (exact) mass is 340 g/mol. The molecule has 10 nitrogen and oxygen atoms in total. The van der Waals surface area contributed by atoms with Crippen molar-refractivity contribution < 1.29 is 4.79 Å². The van der Waals surface area contributed by atoms with Crippen molar-refractivity contribution >= 4 is 17.4 Å². The molecule has 1 fully saturated rings. The molecule has 10 heteroatoms.